The fourth-order valence-corrected chi connectivity index (χ4v) is 4.15. The maximum absolute atomic E-state index is 12.1. The molecule has 0 saturated carbocycles. The number of nitrogens with one attached hydrogen (secondary N) is 1. The fourth-order valence-electron chi connectivity index (χ4n) is 1.62. The van der Waals surface area contributed by atoms with Crippen molar-refractivity contribution in [3.05, 3.63) is 28.2 Å². The van der Waals surface area contributed by atoms with Gasteiger partial charge in [0.2, 0.25) is 10.0 Å². The van der Waals surface area contributed by atoms with E-state index < -0.39 is 10.0 Å². The molecule has 0 bridgehead atoms. The zero-order valence-electron chi connectivity index (χ0n) is 10.4. The average molecular weight is 301 g/mol. The molecule has 2 heterocycles. The summed E-state index contributed by atoms with van der Waals surface area (Å²) in [7, 11) is -3.49. The molecule has 0 fully saturated rings. The van der Waals surface area contributed by atoms with Crippen LogP contribution in [0.15, 0.2) is 23.4 Å². The van der Waals surface area contributed by atoms with Gasteiger partial charge >= 0.3 is 0 Å². The lowest BCUT2D eigenvalue weighted by molar-refractivity contribution is 0.553. The second kappa shape index (κ2) is 5.78. The van der Waals surface area contributed by atoms with Gasteiger partial charge in [-0.3, -0.25) is 4.68 Å². The van der Waals surface area contributed by atoms with Gasteiger partial charge in [0, 0.05) is 29.0 Å². The zero-order valence-corrected chi connectivity index (χ0v) is 12.0. The van der Waals surface area contributed by atoms with E-state index >= 15 is 0 Å². The molecule has 0 unspecified atom stereocenters. The number of sulfonamides is 1. The van der Waals surface area contributed by atoms with Crippen molar-refractivity contribution in [1.29, 1.82) is 0 Å². The Labute approximate surface area is 115 Å². The van der Waals surface area contributed by atoms with Crippen LogP contribution in [0.5, 0.6) is 0 Å². The van der Waals surface area contributed by atoms with Gasteiger partial charge < -0.3 is 5.73 Å². The molecule has 0 aliphatic rings. The van der Waals surface area contributed by atoms with Gasteiger partial charge in [-0.2, -0.15) is 0 Å². The molecular weight excluding hydrogens is 286 g/mol. The first-order chi connectivity index (χ1) is 9.03. The Bertz CT molecular complexity index is 633. The van der Waals surface area contributed by atoms with Gasteiger partial charge in [-0.05, 0) is 13.0 Å². The molecule has 7 nitrogen and oxygen atoms in total. The highest BCUT2D eigenvalue weighted by molar-refractivity contribution is 7.89. The predicted octanol–water partition coefficient (Wildman–Crippen LogP) is 0.0852. The van der Waals surface area contributed by atoms with Crippen LogP contribution in [-0.4, -0.2) is 30.0 Å². The van der Waals surface area contributed by atoms with E-state index in [1.165, 1.54) is 11.3 Å². The fraction of sp³-hybridized carbons (Fsp3) is 0.400. The normalized spacial score (nSPS) is 11.9. The van der Waals surface area contributed by atoms with Gasteiger partial charge in [-0.1, -0.05) is 5.21 Å². The predicted molar refractivity (Wildman–Crippen MR) is 72.2 cm³/mol. The quantitative estimate of drug-likeness (QED) is 0.787. The molecule has 104 valence electrons. The maximum atomic E-state index is 12.1. The maximum Gasteiger partial charge on any atom is 0.241 e. The van der Waals surface area contributed by atoms with Gasteiger partial charge in [0.15, 0.2) is 0 Å². The molecule has 0 spiro atoms. The lowest BCUT2D eigenvalue weighted by atomic mass is 10.4. The van der Waals surface area contributed by atoms with Crippen molar-refractivity contribution in [2.24, 2.45) is 5.73 Å². The highest BCUT2D eigenvalue weighted by Gasteiger charge is 2.19. The van der Waals surface area contributed by atoms with Crippen LogP contribution in [0.1, 0.15) is 9.75 Å². The van der Waals surface area contributed by atoms with Gasteiger partial charge in [-0.25, -0.2) is 13.1 Å². The van der Waals surface area contributed by atoms with Gasteiger partial charge in [0.05, 0.1) is 17.6 Å². The highest BCUT2D eigenvalue weighted by Crippen LogP contribution is 2.25. The van der Waals surface area contributed by atoms with Crippen molar-refractivity contribution in [3.8, 4) is 0 Å². The second-order valence-electron chi connectivity index (χ2n) is 3.90. The van der Waals surface area contributed by atoms with Crippen LogP contribution in [0.25, 0.3) is 0 Å². The summed E-state index contributed by atoms with van der Waals surface area (Å²) in [6.45, 7) is 2.82. The average Bonchev–Trinajstić information content (AvgIpc) is 2.98. The third-order valence-electron chi connectivity index (χ3n) is 2.52. The van der Waals surface area contributed by atoms with Crippen LogP contribution in [-0.2, 0) is 23.1 Å². The van der Waals surface area contributed by atoms with Gasteiger partial charge in [0.25, 0.3) is 0 Å². The van der Waals surface area contributed by atoms with Crippen LogP contribution in [0.3, 0.4) is 0 Å². The third-order valence-corrected chi connectivity index (χ3v) is 5.31. The van der Waals surface area contributed by atoms with E-state index in [9.17, 15) is 8.42 Å². The summed E-state index contributed by atoms with van der Waals surface area (Å²) in [5.74, 6) is 0. The van der Waals surface area contributed by atoms with E-state index in [2.05, 4.69) is 15.0 Å². The van der Waals surface area contributed by atoms with Crippen LogP contribution in [0, 0.1) is 6.92 Å². The van der Waals surface area contributed by atoms with E-state index in [0.29, 0.717) is 18.0 Å². The number of nitrogens with zero attached hydrogens (tertiary/aromatic N) is 3. The molecule has 0 atom stereocenters. The first-order valence-electron chi connectivity index (χ1n) is 5.66. The summed E-state index contributed by atoms with van der Waals surface area (Å²) in [6, 6.07) is 1.62. The molecule has 0 aliphatic heterocycles. The topological polar surface area (TPSA) is 103 Å². The zero-order chi connectivity index (χ0) is 13.9. The van der Waals surface area contributed by atoms with Gasteiger partial charge in [0.1, 0.15) is 0 Å². The Morgan fingerprint density at radius 3 is 2.89 bits per heavy atom. The van der Waals surface area contributed by atoms with Crippen molar-refractivity contribution < 1.29 is 8.42 Å². The van der Waals surface area contributed by atoms with Crippen LogP contribution in [0.4, 0.5) is 0 Å². The lowest BCUT2D eigenvalue weighted by Gasteiger charge is -2.05. The smallest absolute Gasteiger partial charge is 0.241 e. The standard InChI is InChI=1S/C10H15N5O2S2/c1-8-10(6-9(7-11)18-8)19(16,17)13-3-5-15-4-2-12-14-15/h2,4,6,13H,3,5,7,11H2,1H3. The molecule has 2 aromatic heterocycles. The number of rotatable bonds is 6. The SMILES string of the molecule is Cc1sc(CN)cc1S(=O)(=O)NCCn1ccnn1. The molecule has 2 rings (SSSR count). The monoisotopic (exact) mass is 301 g/mol. The molecule has 0 amide bonds. The first kappa shape index (κ1) is 14.1. The minimum Gasteiger partial charge on any atom is -0.326 e. The van der Waals surface area contributed by atoms with Crippen LogP contribution >= 0.6 is 11.3 Å². The minimum absolute atomic E-state index is 0.263. The first-order valence-corrected chi connectivity index (χ1v) is 7.96. The van der Waals surface area contributed by atoms with Crippen LogP contribution < -0.4 is 10.5 Å². The molecule has 0 radical (unpaired) electrons. The van der Waals surface area contributed by atoms with Crippen molar-refractivity contribution in [3.63, 3.8) is 0 Å². The number of hydrogen-bond acceptors (Lipinski definition) is 6. The van der Waals surface area contributed by atoms with Crippen molar-refractivity contribution in [2.45, 2.75) is 24.9 Å². The molecule has 0 aliphatic carbocycles. The summed E-state index contributed by atoms with van der Waals surface area (Å²) in [5, 5.41) is 7.41. The Hall–Kier alpha value is -1.29. The molecule has 2 aromatic rings. The number of thiophene rings is 1. The number of aromatic nitrogens is 3. The van der Waals surface area contributed by atoms with E-state index in [0.717, 1.165) is 9.75 Å². The third kappa shape index (κ3) is 3.38. The largest absolute Gasteiger partial charge is 0.326 e. The molecule has 3 N–H and O–H groups in total. The second-order valence-corrected chi connectivity index (χ2v) is 6.98. The lowest BCUT2D eigenvalue weighted by Crippen LogP contribution is -2.27. The molecule has 0 saturated heterocycles. The number of aryl methyl sites for hydroxylation is 1. The van der Waals surface area contributed by atoms with Crippen molar-refractivity contribution >= 4 is 21.4 Å². The summed E-state index contributed by atoms with van der Waals surface area (Å²) in [5.41, 5.74) is 5.52. The number of hydrogen-bond donors (Lipinski definition) is 2. The molecule has 9 heteroatoms. The van der Waals surface area contributed by atoms with E-state index in [1.807, 2.05) is 0 Å². The summed E-state index contributed by atoms with van der Waals surface area (Å²) in [4.78, 5) is 1.90. The summed E-state index contributed by atoms with van der Waals surface area (Å²) in [6.07, 6.45) is 3.22. The Kier molecular flexibility index (Phi) is 4.30. The van der Waals surface area contributed by atoms with Crippen molar-refractivity contribution in [1.82, 2.24) is 19.7 Å². The minimum atomic E-state index is -3.49. The van der Waals surface area contributed by atoms with Gasteiger partial charge in [-0.15, -0.1) is 16.4 Å². The van der Waals surface area contributed by atoms with E-state index in [1.54, 1.807) is 30.1 Å². The summed E-state index contributed by atoms with van der Waals surface area (Å²) < 4.78 is 28.3. The molecular formula is C10H15N5O2S2. The van der Waals surface area contributed by atoms with Crippen molar-refractivity contribution in [2.75, 3.05) is 6.54 Å². The Balaban J connectivity index is 2.03. The highest BCUT2D eigenvalue weighted by atomic mass is 32.2. The Morgan fingerprint density at radius 1 is 1.53 bits per heavy atom. The Morgan fingerprint density at radius 2 is 2.32 bits per heavy atom. The molecule has 19 heavy (non-hydrogen) atoms. The molecule has 0 aromatic carbocycles. The number of nitrogens with two attached hydrogens (primary N) is 1. The van der Waals surface area contributed by atoms with E-state index in [-0.39, 0.29) is 6.54 Å². The van der Waals surface area contributed by atoms with Crippen LogP contribution in [0.2, 0.25) is 0 Å². The summed E-state index contributed by atoms with van der Waals surface area (Å²) >= 11 is 1.40. The van der Waals surface area contributed by atoms with E-state index in [4.69, 9.17) is 5.73 Å².